The highest BCUT2D eigenvalue weighted by atomic mass is 19.4. The molecule has 10 heteroatoms. The number of fused-ring (bicyclic) bond motifs is 5. The monoisotopic (exact) mass is 495 g/mol. The Morgan fingerprint density at radius 2 is 1.72 bits per heavy atom. The first kappa shape index (κ1) is 23.8. The van der Waals surface area contributed by atoms with Gasteiger partial charge in [0.2, 0.25) is 11.8 Å². The minimum atomic E-state index is -4.82. The quantitative estimate of drug-likeness (QED) is 0.589. The van der Waals surface area contributed by atoms with Crippen molar-refractivity contribution in [2.45, 2.75) is 37.6 Å². The van der Waals surface area contributed by atoms with Gasteiger partial charge in [0.25, 0.3) is 0 Å². The van der Waals surface area contributed by atoms with Gasteiger partial charge in [-0.25, -0.2) is 4.90 Å². The molecule has 2 aromatic rings. The maximum Gasteiger partial charge on any atom is 0.417 e. The highest BCUT2D eigenvalue weighted by molar-refractivity contribution is 6.23. The van der Waals surface area contributed by atoms with Crippen LogP contribution in [0, 0.1) is 40.4 Å². The predicted octanol–water partition coefficient (Wildman–Crippen LogP) is 4.20. The average Bonchev–Trinajstić information content (AvgIpc) is 3.37. The first-order valence-electron chi connectivity index (χ1n) is 11.3. The first-order chi connectivity index (χ1) is 16.9. The van der Waals surface area contributed by atoms with Crippen LogP contribution in [0.2, 0.25) is 0 Å². The Hall–Kier alpha value is -3.89. The number of amides is 2. The topological polar surface area (TPSA) is 103 Å². The van der Waals surface area contributed by atoms with Crippen molar-refractivity contribution in [3.05, 3.63) is 59.2 Å². The van der Waals surface area contributed by atoms with Crippen LogP contribution in [0.1, 0.15) is 37.0 Å². The molecular formula is C26H20F3N3O4. The summed E-state index contributed by atoms with van der Waals surface area (Å²) < 4.78 is 52.7. The van der Waals surface area contributed by atoms with Crippen LogP contribution in [0.5, 0.6) is 5.75 Å². The number of carbonyl (C=O) groups excluding carboxylic acids is 2. The van der Waals surface area contributed by atoms with Gasteiger partial charge in [-0.1, -0.05) is 0 Å². The van der Waals surface area contributed by atoms with E-state index < -0.39 is 52.2 Å². The maximum absolute atomic E-state index is 13.5. The van der Waals surface area contributed by atoms with Crippen molar-refractivity contribution in [1.29, 1.82) is 10.5 Å². The van der Waals surface area contributed by atoms with Gasteiger partial charge >= 0.3 is 6.18 Å². The summed E-state index contributed by atoms with van der Waals surface area (Å²) in [7, 11) is 0. The van der Waals surface area contributed by atoms with Gasteiger partial charge in [0.05, 0.1) is 64.2 Å². The number of rotatable bonds is 4. The number of alkyl halides is 3. The van der Waals surface area contributed by atoms with Gasteiger partial charge < -0.3 is 9.47 Å². The minimum Gasteiger partial charge on any atom is -0.493 e. The molecule has 3 heterocycles. The summed E-state index contributed by atoms with van der Waals surface area (Å²) in [6.45, 7) is 3.67. The molecule has 0 saturated carbocycles. The number of imide groups is 1. The SMILES string of the molecule is C[C@]12O[C@](C)(C[C@H]1COc1ccc(C#N)cc1)[C@H]1C(=O)N(c3ccc(C#N)c(C(F)(F)F)c3)C(=O)[C@H]12. The molecule has 7 nitrogen and oxygen atoms in total. The Kier molecular flexibility index (Phi) is 5.17. The molecule has 0 aromatic heterocycles. The van der Waals surface area contributed by atoms with E-state index >= 15 is 0 Å². The van der Waals surface area contributed by atoms with Gasteiger partial charge in [-0.2, -0.15) is 23.7 Å². The van der Waals surface area contributed by atoms with Crippen LogP contribution in [-0.4, -0.2) is 29.6 Å². The van der Waals surface area contributed by atoms with E-state index in [2.05, 4.69) is 0 Å². The molecule has 2 amide bonds. The van der Waals surface area contributed by atoms with Crippen LogP contribution in [0.4, 0.5) is 18.9 Å². The number of hydrogen-bond donors (Lipinski definition) is 0. The van der Waals surface area contributed by atoms with Crippen molar-refractivity contribution in [1.82, 2.24) is 0 Å². The van der Waals surface area contributed by atoms with Crippen LogP contribution in [0.3, 0.4) is 0 Å². The Balaban J connectivity index is 1.44. The second-order valence-electron chi connectivity index (χ2n) is 9.75. The van der Waals surface area contributed by atoms with Gasteiger partial charge in [0.15, 0.2) is 0 Å². The third-order valence-corrected chi connectivity index (χ3v) is 7.62. The Labute approximate surface area is 204 Å². The van der Waals surface area contributed by atoms with Gasteiger partial charge in [-0.05, 0) is 62.7 Å². The summed E-state index contributed by atoms with van der Waals surface area (Å²) >= 11 is 0. The van der Waals surface area contributed by atoms with E-state index in [4.69, 9.17) is 20.0 Å². The van der Waals surface area contributed by atoms with Crippen LogP contribution in [-0.2, 0) is 20.5 Å². The molecule has 0 unspecified atom stereocenters. The second-order valence-corrected chi connectivity index (χ2v) is 9.75. The summed E-state index contributed by atoms with van der Waals surface area (Å²) in [6, 6.07) is 12.9. The largest absolute Gasteiger partial charge is 0.493 e. The highest BCUT2D eigenvalue weighted by Crippen LogP contribution is 2.63. The minimum absolute atomic E-state index is 0.192. The number of benzene rings is 2. The van der Waals surface area contributed by atoms with E-state index in [-0.39, 0.29) is 18.2 Å². The number of nitrogens with zero attached hydrogens (tertiary/aromatic N) is 3. The van der Waals surface area contributed by atoms with E-state index in [0.717, 1.165) is 11.0 Å². The van der Waals surface area contributed by atoms with Crippen molar-refractivity contribution in [2.75, 3.05) is 11.5 Å². The lowest BCUT2D eigenvalue weighted by Gasteiger charge is -2.35. The lowest BCUT2D eigenvalue weighted by Crippen LogP contribution is -2.48. The molecule has 2 aromatic carbocycles. The first-order valence-corrected chi connectivity index (χ1v) is 11.3. The standard InChI is InChI=1S/C26H20F3N3O4/c1-24-10-16(13-35-18-7-3-14(11-30)4-8-18)25(2,36-24)21-20(24)22(33)32(23(21)34)17-6-5-15(12-31)19(9-17)26(27,28)29/h3-9,16,20-21H,10,13H2,1-2H3/t16-,20+,21-,24+,25-/m0/s1. The van der Waals surface area contributed by atoms with Crippen LogP contribution >= 0.6 is 0 Å². The fourth-order valence-corrected chi connectivity index (χ4v) is 5.99. The van der Waals surface area contributed by atoms with Gasteiger partial charge in [-0.15, -0.1) is 0 Å². The molecule has 0 aliphatic carbocycles. The van der Waals surface area contributed by atoms with E-state index in [1.165, 1.54) is 12.1 Å². The Morgan fingerprint density at radius 1 is 1.06 bits per heavy atom. The number of nitriles is 2. The van der Waals surface area contributed by atoms with Crippen LogP contribution < -0.4 is 9.64 Å². The van der Waals surface area contributed by atoms with Gasteiger partial charge in [-0.3, -0.25) is 9.59 Å². The molecule has 3 aliphatic rings. The number of carbonyl (C=O) groups is 2. The van der Waals surface area contributed by atoms with Gasteiger partial charge in [0.1, 0.15) is 5.75 Å². The third-order valence-electron chi connectivity index (χ3n) is 7.62. The second kappa shape index (κ2) is 7.81. The summed E-state index contributed by atoms with van der Waals surface area (Å²) in [6.07, 6.45) is -4.40. The normalized spacial score (nSPS) is 30.8. The zero-order valence-corrected chi connectivity index (χ0v) is 19.3. The molecule has 5 atom stereocenters. The molecule has 184 valence electrons. The van der Waals surface area contributed by atoms with E-state index in [1.807, 2.05) is 6.07 Å². The summed E-state index contributed by atoms with van der Waals surface area (Å²) in [5.41, 5.74) is -3.58. The van der Waals surface area contributed by atoms with E-state index in [0.29, 0.717) is 23.8 Å². The fourth-order valence-electron chi connectivity index (χ4n) is 5.99. The number of halogens is 3. The van der Waals surface area contributed by atoms with Crippen molar-refractivity contribution in [2.24, 2.45) is 17.8 Å². The fraction of sp³-hybridized carbons (Fsp3) is 0.385. The van der Waals surface area contributed by atoms with Crippen molar-refractivity contribution in [3.63, 3.8) is 0 Å². The Bertz CT molecular complexity index is 1360. The molecule has 0 radical (unpaired) electrons. The molecule has 3 fully saturated rings. The van der Waals surface area contributed by atoms with Gasteiger partial charge in [0, 0.05) is 5.92 Å². The molecule has 0 N–H and O–H groups in total. The molecule has 36 heavy (non-hydrogen) atoms. The van der Waals surface area contributed by atoms with Crippen LogP contribution in [0.15, 0.2) is 42.5 Å². The Morgan fingerprint density at radius 3 is 2.33 bits per heavy atom. The van der Waals surface area contributed by atoms with E-state index in [1.54, 1.807) is 38.1 Å². The zero-order chi connectivity index (χ0) is 26.0. The van der Waals surface area contributed by atoms with Crippen molar-refractivity contribution in [3.8, 4) is 17.9 Å². The number of hydrogen-bond acceptors (Lipinski definition) is 6. The molecular weight excluding hydrogens is 475 g/mol. The van der Waals surface area contributed by atoms with Crippen molar-refractivity contribution >= 4 is 17.5 Å². The highest BCUT2D eigenvalue weighted by Gasteiger charge is 2.75. The number of anilines is 1. The van der Waals surface area contributed by atoms with E-state index in [9.17, 15) is 22.8 Å². The third kappa shape index (κ3) is 3.36. The molecule has 2 bridgehead atoms. The zero-order valence-electron chi connectivity index (χ0n) is 19.3. The predicted molar refractivity (Wildman–Crippen MR) is 118 cm³/mol. The summed E-state index contributed by atoms with van der Waals surface area (Å²) in [4.78, 5) is 27.8. The molecule has 3 aliphatic heterocycles. The molecule has 3 saturated heterocycles. The summed E-state index contributed by atoms with van der Waals surface area (Å²) in [5, 5.41) is 18.0. The smallest absolute Gasteiger partial charge is 0.417 e. The molecule has 0 spiro atoms. The maximum atomic E-state index is 13.5. The average molecular weight is 495 g/mol. The number of ether oxygens (including phenoxy) is 2. The summed E-state index contributed by atoms with van der Waals surface area (Å²) in [5.74, 6) is -2.69. The van der Waals surface area contributed by atoms with Crippen molar-refractivity contribution < 1.29 is 32.2 Å². The lowest BCUT2D eigenvalue weighted by atomic mass is 9.64. The van der Waals surface area contributed by atoms with Crippen LogP contribution in [0.25, 0.3) is 0 Å². The molecule has 5 rings (SSSR count). The lowest BCUT2D eigenvalue weighted by molar-refractivity contribution is -0.138.